The molecule has 1 aromatic rings. The summed E-state index contributed by atoms with van der Waals surface area (Å²) in [6.07, 6.45) is 0. The molecule has 14 heavy (non-hydrogen) atoms. The molecule has 0 unspecified atom stereocenters. The molecule has 0 aromatic heterocycles. The van der Waals surface area contributed by atoms with Crippen molar-refractivity contribution in [2.45, 2.75) is 20.5 Å². The van der Waals surface area contributed by atoms with E-state index in [1.807, 2.05) is 0 Å². The first-order chi connectivity index (χ1) is 6.54. The van der Waals surface area contributed by atoms with Crippen LogP contribution in [0.25, 0.3) is 0 Å². The minimum atomic E-state index is -0.256. The van der Waals surface area contributed by atoms with E-state index in [9.17, 15) is 5.11 Å². The fourth-order valence-electron chi connectivity index (χ4n) is 1.45. The van der Waals surface area contributed by atoms with Crippen molar-refractivity contribution in [1.82, 2.24) is 0 Å². The Hall–Kier alpha value is -0.930. The van der Waals surface area contributed by atoms with Crippen molar-refractivity contribution in [1.29, 1.82) is 0 Å². The predicted octanol–water partition coefficient (Wildman–Crippen LogP) is 2.16. The second-order valence-corrected chi connectivity index (χ2v) is 3.46. The van der Waals surface area contributed by atoms with E-state index >= 15 is 0 Å². The molecule has 4 heteroatoms. The molecule has 0 saturated heterocycles. The molecule has 0 amide bonds. The maximum absolute atomic E-state index is 9.73. The zero-order valence-electron chi connectivity index (χ0n) is 8.39. The Kier molecular flexibility index (Phi) is 3.24. The van der Waals surface area contributed by atoms with E-state index in [0.717, 1.165) is 0 Å². The zero-order chi connectivity index (χ0) is 10.9. The highest BCUT2D eigenvalue weighted by Crippen LogP contribution is 2.40. The molecule has 0 aliphatic carbocycles. The van der Waals surface area contributed by atoms with Crippen molar-refractivity contribution in [3.63, 3.8) is 0 Å². The number of benzene rings is 1. The normalized spacial score (nSPS) is 10.4. The summed E-state index contributed by atoms with van der Waals surface area (Å²) < 4.78 is 5.01. The smallest absolute Gasteiger partial charge is 0.165 e. The van der Waals surface area contributed by atoms with Gasteiger partial charge in [0.15, 0.2) is 11.5 Å². The maximum Gasteiger partial charge on any atom is 0.165 e. The van der Waals surface area contributed by atoms with E-state index in [2.05, 4.69) is 0 Å². The van der Waals surface area contributed by atoms with E-state index in [1.54, 1.807) is 13.8 Å². The Morgan fingerprint density at radius 1 is 1.29 bits per heavy atom. The van der Waals surface area contributed by atoms with Crippen molar-refractivity contribution >= 4 is 11.6 Å². The molecule has 78 valence electrons. The lowest BCUT2D eigenvalue weighted by Crippen LogP contribution is -1.97. The molecule has 0 heterocycles. The molecule has 1 aromatic carbocycles. The number of methoxy groups -OCH3 is 1. The topological polar surface area (TPSA) is 49.7 Å². The molecule has 2 N–H and O–H groups in total. The molecule has 0 radical (unpaired) electrons. The van der Waals surface area contributed by atoms with Crippen LogP contribution in [0.5, 0.6) is 11.5 Å². The monoisotopic (exact) mass is 216 g/mol. The van der Waals surface area contributed by atoms with Crippen molar-refractivity contribution < 1.29 is 14.9 Å². The molecule has 3 nitrogen and oxygen atoms in total. The number of ether oxygens (including phenoxy) is 1. The fourth-order valence-corrected chi connectivity index (χ4v) is 1.65. The molecule has 0 saturated carbocycles. The Morgan fingerprint density at radius 2 is 1.86 bits per heavy atom. The molecule has 0 bridgehead atoms. The van der Waals surface area contributed by atoms with Gasteiger partial charge in [-0.15, -0.1) is 0 Å². The van der Waals surface area contributed by atoms with Crippen LogP contribution in [0.15, 0.2) is 0 Å². The van der Waals surface area contributed by atoms with Crippen molar-refractivity contribution in [2.75, 3.05) is 7.11 Å². The summed E-state index contributed by atoms with van der Waals surface area (Å²) in [6, 6.07) is 0. The Bertz CT molecular complexity index is 330. The number of hydrogen-bond donors (Lipinski definition) is 2. The van der Waals surface area contributed by atoms with Gasteiger partial charge in [-0.05, 0) is 19.4 Å². The van der Waals surface area contributed by atoms with Gasteiger partial charge in [0.2, 0.25) is 0 Å². The first kappa shape index (κ1) is 11.1. The summed E-state index contributed by atoms with van der Waals surface area (Å²) >= 11 is 6.02. The third-order valence-electron chi connectivity index (χ3n) is 2.31. The molecule has 1 rings (SSSR count). The van der Waals surface area contributed by atoms with E-state index in [1.165, 1.54) is 7.11 Å². The number of aliphatic hydroxyl groups is 1. The number of phenols is 1. The Balaban J connectivity index is 3.56. The van der Waals surface area contributed by atoms with Gasteiger partial charge in [-0.3, -0.25) is 0 Å². The second kappa shape index (κ2) is 4.07. The average Bonchev–Trinajstić information content (AvgIpc) is 2.16. The summed E-state index contributed by atoms with van der Waals surface area (Å²) in [7, 11) is 1.45. The largest absolute Gasteiger partial charge is 0.504 e. The predicted molar refractivity (Wildman–Crippen MR) is 55.1 cm³/mol. The molecular weight excluding hydrogens is 204 g/mol. The van der Waals surface area contributed by atoms with E-state index in [0.29, 0.717) is 27.5 Å². The third kappa shape index (κ3) is 1.53. The average molecular weight is 217 g/mol. The lowest BCUT2D eigenvalue weighted by Gasteiger charge is -2.15. The minimum Gasteiger partial charge on any atom is -0.504 e. The Morgan fingerprint density at radius 3 is 2.29 bits per heavy atom. The van der Waals surface area contributed by atoms with Gasteiger partial charge in [0.05, 0.1) is 18.7 Å². The summed E-state index contributed by atoms with van der Waals surface area (Å²) in [6.45, 7) is 3.25. The number of halogens is 1. The molecule has 0 fully saturated rings. The summed E-state index contributed by atoms with van der Waals surface area (Å²) in [4.78, 5) is 0. The van der Waals surface area contributed by atoms with Crippen LogP contribution in [0.3, 0.4) is 0 Å². The van der Waals surface area contributed by atoms with Crippen LogP contribution in [-0.4, -0.2) is 17.3 Å². The van der Waals surface area contributed by atoms with Gasteiger partial charge < -0.3 is 14.9 Å². The van der Waals surface area contributed by atoms with Crippen LogP contribution in [0.4, 0.5) is 0 Å². The van der Waals surface area contributed by atoms with E-state index in [-0.39, 0.29) is 12.4 Å². The summed E-state index contributed by atoms with van der Waals surface area (Å²) in [5.41, 5.74) is 1.78. The number of hydrogen-bond acceptors (Lipinski definition) is 3. The minimum absolute atomic E-state index is 0.0330. The van der Waals surface area contributed by atoms with Crippen molar-refractivity contribution in [3.8, 4) is 11.5 Å². The van der Waals surface area contributed by atoms with Gasteiger partial charge in [0.1, 0.15) is 0 Å². The number of rotatable bonds is 2. The standard InChI is InChI=1S/C10H13ClO3/c1-5-7(4-12)9(13)10(14-3)6(2)8(5)11/h12-13H,4H2,1-3H3. The lowest BCUT2D eigenvalue weighted by molar-refractivity contribution is 0.271. The van der Waals surface area contributed by atoms with Gasteiger partial charge in [-0.2, -0.15) is 0 Å². The lowest BCUT2D eigenvalue weighted by atomic mass is 10.0. The van der Waals surface area contributed by atoms with E-state index < -0.39 is 0 Å². The van der Waals surface area contributed by atoms with Gasteiger partial charge in [-0.25, -0.2) is 0 Å². The first-order valence-electron chi connectivity index (χ1n) is 4.19. The van der Waals surface area contributed by atoms with Crippen LogP contribution in [0, 0.1) is 13.8 Å². The SMILES string of the molecule is COc1c(C)c(Cl)c(C)c(CO)c1O. The van der Waals surface area contributed by atoms with Crippen LogP contribution < -0.4 is 4.74 Å². The summed E-state index contributed by atoms with van der Waals surface area (Å²) in [5, 5.41) is 19.3. The van der Waals surface area contributed by atoms with Gasteiger partial charge in [0, 0.05) is 11.1 Å². The Labute approximate surface area is 87.9 Å². The second-order valence-electron chi connectivity index (χ2n) is 3.08. The molecule has 0 spiro atoms. The van der Waals surface area contributed by atoms with Crippen LogP contribution in [0.1, 0.15) is 16.7 Å². The van der Waals surface area contributed by atoms with Gasteiger partial charge in [-0.1, -0.05) is 11.6 Å². The van der Waals surface area contributed by atoms with Crippen LogP contribution in [0.2, 0.25) is 5.02 Å². The fraction of sp³-hybridized carbons (Fsp3) is 0.400. The van der Waals surface area contributed by atoms with Crippen molar-refractivity contribution in [2.24, 2.45) is 0 Å². The number of aromatic hydroxyl groups is 1. The highest BCUT2D eigenvalue weighted by Gasteiger charge is 2.17. The molecule has 0 aliphatic heterocycles. The highest BCUT2D eigenvalue weighted by atomic mass is 35.5. The zero-order valence-corrected chi connectivity index (χ0v) is 9.14. The van der Waals surface area contributed by atoms with Crippen LogP contribution >= 0.6 is 11.6 Å². The molecule has 0 aliphatic rings. The van der Waals surface area contributed by atoms with Crippen molar-refractivity contribution in [3.05, 3.63) is 21.7 Å². The van der Waals surface area contributed by atoms with Gasteiger partial charge in [0.25, 0.3) is 0 Å². The first-order valence-corrected chi connectivity index (χ1v) is 4.57. The number of aliphatic hydroxyl groups excluding tert-OH is 1. The van der Waals surface area contributed by atoms with Crippen LogP contribution in [-0.2, 0) is 6.61 Å². The maximum atomic E-state index is 9.73. The molecular formula is C10H13ClO3. The molecule has 0 atom stereocenters. The summed E-state index contributed by atoms with van der Waals surface area (Å²) in [5.74, 6) is 0.291. The quantitative estimate of drug-likeness (QED) is 0.797. The third-order valence-corrected chi connectivity index (χ3v) is 2.88. The van der Waals surface area contributed by atoms with E-state index in [4.69, 9.17) is 21.4 Å². The highest BCUT2D eigenvalue weighted by molar-refractivity contribution is 6.32. The van der Waals surface area contributed by atoms with Gasteiger partial charge >= 0.3 is 0 Å².